The molecule has 6 nitrogen and oxygen atoms in total. The highest BCUT2D eigenvalue weighted by molar-refractivity contribution is 8.00. The summed E-state index contributed by atoms with van der Waals surface area (Å²) in [7, 11) is 0. The molecule has 1 saturated heterocycles. The molecule has 0 spiro atoms. The first-order valence-electron chi connectivity index (χ1n) is 7.45. The molecule has 7 heteroatoms. The van der Waals surface area contributed by atoms with E-state index in [1.807, 2.05) is 30.5 Å². The van der Waals surface area contributed by atoms with E-state index in [0.29, 0.717) is 11.3 Å². The summed E-state index contributed by atoms with van der Waals surface area (Å²) in [5.74, 6) is -0.100. The molecule has 1 unspecified atom stereocenters. The van der Waals surface area contributed by atoms with Crippen molar-refractivity contribution >= 4 is 34.5 Å². The zero-order chi connectivity index (χ0) is 16.5. The summed E-state index contributed by atoms with van der Waals surface area (Å²) in [4.78, 5) is 31.7. The lowest BCUT2D eigenvalue weighted by atomic mass is 10.1. The van der Waals surface area contributed by atoms with Crippen molar-refractivity contribution in [3.63, 3.8) is 0 Å². The van der Waals surface area contributed by atoms with Crippen LogP contribution in [-0.2, 0) is 4.79 Å². The van der Waals surface area contributed by atoms with Gasteiger partial charge in [0.05, 0.1) is 5.75 Å². The van der Waals surface area contributed by atoms with E-state index < -0.39 is 0 Å². The van der Waals surface area contributed by atoms with Crippen LogP contribution in [0.3, 0.4) is 0 Å². The van der Waals surface area contributed by atoms with Gasteiger partial charge in [-0.15, -0.1) is 11.8 Å². The highest BCUT2D eigenvalue weighted by Crippen LogP contribution is 2.40. The minimum Gasteiger partial charge on any atom is -0.361 e. The van der Waals surface area contributed by atoms with Gasteiger partial charge in [-0.3, -0.25) is 20.0 Å². The van der Waals surface area contributed by atoms with E-state index in [1.54, 1.807) is 24.5 Å². The number of hydrogen-bond acceptors (Lipinski definition) is 4. The van der Waals surface area contributed by atoms with Crippen LogP contribution in [0.5, 0.6) is 0 Å². The number of benzene rings is 1. The van der Waals surface area contributed by atoms with Gasteiger partial charge in [0.25, 0.3) is 11.8 Å². The molecule has 2 amide bonds. The van der Waals surface area contributed by atoms with Crippen molar-refractivity contribution in [3.8, 4) is 0 Å². The molecule has 1 fully saturated rings. The van der Waals surface area contributed by atoms with Gasteiger partial charge < -0.3 is 4.98 Å². The third-order valence-electron chi connectivity index (χ3n) is 3.92. The van der Waals surface area contributed by atoms with Crippen molar-refractivity contribution in [1.29, 1.82) is 0 Å². The first kappa shape index (κ1) is 14.8. The van der Waals surface area contributed by atoms with Crippen LogP contribution in [0, 0.1) is 0 Å². The van der Waals surface area contributed by atoms with E-state index in [2.05, 4.69) is 15.4 Å². The van der Waals surface area contributed by atoms with E-state index in [1.165, 1.54) is 16.8 Å². The molecular weight excluding hydrogens is 324 g/mol. The van der Waals surface area contributed by atoms with Gasteiger partial charge in [-0.25, -0.2) is 5.01 Å². The first-order chi connectivity index (χ1) is 11.7. The number of H-pyrrole nitrogens is 1. The van der Waals surface area contributed by atoms with Crippen molar-refractivity contribution in [2.45, 2.75) is 5.37 Å². The number of para-hydroxylation sites is 1. The first-order valence-corrected chi connectivity index (χ1v) is 8.49. The number of pyridine rings is 1. The lowest BCUT2D eigenvalue weighted by molar-refractivity contribution is -0.130. The molecule has 24 heavy (non-hydrogen) atoms. The molecule has 3 heterocycles. The Hall–Kier alpha value is -2.80. The predicted molar refractivity (Wildman–Crippen MR) is 92.0 cm³/mol. The monoisotopic (exact) mass is 338 g/mol. The summed E-state index contributed by atoms with van der Waals surface area (Å²) in [6.45, 7) is 0. The Labute approximate surface area is 142 Å². The molecule has 2 N–H and O–H groups in total. The summed E-state index contributed by atoms with van der Waals surface area (Å²) in [5.41, 5.74) is 5.19. The highest BCUT2D eigenvalue weighted by Gasteiger charge is 2.35. The van der Waals surface area contributed by atoms with Gasteiger partial charge in [-0.2, -0.15) is 0 Å². The smallest absolute Gasteiger partial charge is 0.270 e. The number of amides is 2. The number of thioether (sulfide) groups is 1. The molecular formula is C17H14N4O2S. The Kier molecular flexibility index (Phi) is 3.70. The number of hydrazine groups is 1. The molecule has 1 aliphatic rings. The molecule has 1 aliphatic heterocycles. The van der Waals surface area contributed by atoms with Gasteiger partial charge in [-0.05, 0) is 18.2 Å². The molecule has 0 radical (unpaired) electrons. The molecule has 1 aromatic carbocycles. The number of aromatic nitrogens is 2. The molecule has 0 bridgehead atoms. The highest BCUT2D eigenvalue weighted by atomic mass is 32.2. The SMILES string of the molecule is O=C(NN1C(=O)CSC1c1c[nH]c2ccccc12)c1ccncc1. The van der Waals surface area contributed by atoms with Crippen LogP contribution in [-0.4, -0.2) is 32.5 Å². The van der Waals surface area contributed by atoms with E-state index in [-0.39, 0.29) is 17.2 Å². The number of hydrogen-bond donors (Lipinski definition) is 2. The van der Waals surface area contributed by atoms with Crippen LogP contribution in [0.4, 0.5) is 0 Å². The van der Waals surface area contributed by atoms with Crippen LogP contribution >= 0.6 is 11.8 Å². The molecule has 0 saturated carbocycles. The fourth-order valence-electron chi connectivity index (χ4n) is 2.75. The summed E-state index contributed by atoms with van der Waals surface area (Å²) in [6, 6.07) is 11.1. The number of nitrogens with one attached hydrogen (secondary N) is 2. The largest absolute Gasteiger partial charge is 0.361 e. The second kappa shape index (κ2) is 6.01. The Morgan fingerprint density at radius 3 is 2.88 bits per heavy atom. The third kappa shape index (κ3) is 2.52. The fourth-order valence-corrected chi connectivity index (χ4v) is 3.88. The minimum atomic E-state index is -0.321. The number of aromatic amines is 1. The molecule has 0 aliphatic carbocycles. The summed E-state index contributed by atoms with van der Waals surface area (Å²) < 4.78 is 0. The third-order valence-corrected chi connectivity index (χ3v) is 5.11. The lowest BCUT2D eigenvalue weighted by Gasteiger charge is -2.24. The number of carbonyl (C=O) groups excluding carboxylic acids is 2. The standard InChI is InChI=1S/C17H14N4O2S/c22-15-10-24-17(13-9-19-14-4-2-1-3-12(13)14)21(15)20-16(23)11-5-7-18-8-6-11/h1-9,17,19H,10H2,(H,20,23). The lowest BCUT2D eigenvalue weighted by Crippen LogP contribution is -2.44. The topological polar surface area (TPSA) is 78.1 Å². The molecule has 2 aromatic heterocycles. The average molecular weight is 338 g/mol. The Balaban J connectivity index is 1.64. The summed E-state index contributed by atoms with van der Waals surface area (Å²) in [5, 5.41) is 2.22. The normalized spacial score (nSPS) is 17.4. The zero-order valence-corrected chi connectivity index (χ0v) is 13.4. The van der Waals surface area contributed by atoms with Gasteiger partial charge in [0.15, 0.2) is 0 Å². The average Bonchev–Trinajstić information content (AvgIpc) is 3.20. The van der Waals surface area contributed by atoms with Crippen LogP contribution in [0.15, 0.2) is 55.0 Å². The molecule has 120 valence electrons. The summed E-state index contributed by atoms with van der Waals surface area (Å²) >= 11 is 1.50. The maximum atomic E-state index is 12.4. The zero-order valence-electron chi connectivity index (χ0n) is 12.6. The van der Waals surface area contributed by atoms with Crippen molar-refractivity contribution in [3.05, 3.63) is 66.1 Å². The minimum absolute atomic E-state index is 0.113. The van der Waals surface area contributed by atoms with Crippen LogP contribution in [0.25, 0.3) is 10.9 Å². The second-order valence-corrected chi connectivity index (χ2v) is 6.46. The van der Waals surface area contributed by atoms with Gasteiger partial charge in [0.1, 0.15) is 5.37 Å². The number of carbonyl (C=O) groups is 2. The Morgan fingerprint density at radius 2 is 2.04 bits per heavy atom. The van der Waals surface area contributed by atoms with Gasteiger partial charge in [-0.1, -0.05) is 18.2 Å². The van der Waals surface area contributed by atoms with E-state index in [4.69, 9.17) is 0 Å². The molecule has 4 rings (SSSR count). The number of nitrogens with zero attached hydrogens (tertiary/aromatic N) is 2. The van der Waals surface area contributed by atoms with Crippen molar-refractivity contribution < 1.29 is 9.59 Å². The maximum Gasteiger partial charge on any atom is 0.270 e. The Bertz CT molecular complexity index is 909. The maximum absolute atomic E-state index is 12.4. The van der Waals surface area contributed by atoms with Crippen LogP contribution in [0.2, 0.25) is 0 Å². The van der Waals surface area contributed by atoms with Crippen LogP contribution < -0.4 is 5.43 Å². The summed E-state index contributed by atoms with van der Waals surface area (Å²) in [6.07, 6.45) is 4.99. The van der Waals surface area contributed by atoms with Crippen molar-refractivity contribution in [2.24, 2.45) is 0 Å². The van der Waals surface area contributed by atoms with Gasteiger partial charge >= 0.3 is 0 Å². The van der Waals surface area contributed by atoms with Crippen molar-refractivity contribution in [1.82, 2.24) is 20.4 Å². The predicted octanol–water partition coefficient (Wildman–Crippen LogP) is 2.48. The second-order valence-electron chi connectivity index (χ2n) is 5.39. The van der Waals surface area contributed by atoms with Crippen LogP contribution in [0.1, 0.15) is 21.3 Å². The number of fused-ring (bicyclic) bond motifs is 1. The molecule has 1 atom stereocenters. The van der Waals surface area contributed by atoms with E-state index in [0.717, 1.165) is 16.5 Å². The molecule has 3 aromatic rings. The van der Waals surface area contributed by atoms with E-state index >= 15 is 0 Å². The van der Waals surface area contributed by atoms with Crippen molar-refractivity contribution in [2.75, 3.05) is 5.75 Å². The van der Waals surface area contributed by atoms with Gasteiger partial charge in [0.2, 0.25) is 0 Å². The quantitative estimate of drug-likeness (QED) is 0.769. The van der Waals surface area contributed by atoms with E-state index in [9.17, 15) is 9.59 Å². The Morgan fingerprint density at radius 1 is 1.25 bits per heavy atom. The number of rotatable bonds is 3. The van der Waals surface area contributed by atoms with Gasteiger partial charge in [0, 0.05) is 40.6 Å². The fraction of sp³-hybridized carbons (Fsp3) is 0.118.